The van der Waals surface area contributed by atoms with Gasteiger partial charge in [-0.15, -0.1) is 11.3 Å². The number of allylic oxidation sites excluding steroid dienone is 1. The molecular formula is C28H53Br2N2O7S4Ti+. The number of hydrogen-bond donors (Lipinski definition) is 5. The molecule has 0 aliphatic carbocycles. The van der Waals surface area contributed by atoms with E-state index in [0.717, 1.165) is 19.9 Å². The second kappa shape index (κ2) is 34.7. The van der Waals surface area contributed by atoms with Crippen LogP contribution in [0.5, 0.6) is 0 Å². The summed E-state index contributed by atoms with van der Waals surface area (Å²) in [4.78, 5) is 2.70. The van der Waals surface area contributed by atoms with E-state index < -0.39 is 22.0 Å². The summed E-state index contributed by atoms with van der Waals surface area (Å²) >= 11 is 9.61. The van der Waals surface area contributed by atoms with Gasteiger partial charge in [-0.1, -0.05) is 6.58 Å². The Morgan fingerprint density at radius 1 is 1.02 bits per heavy atom. The van der Waals surface area contributed by atoms with E-state index in [9.17, 15) is 13.5 Å². The first-order valence-corrected chi connectivity index (χ1v) is 18.7. The fraction of sp³-hybridized carbons (Fsp3) is 0.607. The summed E-state index contributed by atoms with van der Waals surface area (Å²) in [6.45, 7) is 24.2. The second-order valence-corrected chi connectivity index (χ2v) is 16.8. The number of nitrogens with two attached hydrogens (primary N) is 1. The molecule has 1 aromatic heterocycles. The molecule has 258 valence electrons. The third-order valence-corrected chi connectivity index (χ3v) is 9.34. The number of hydrogen-bond acceptors (Lipinski definition) is 8. The molecule has 44 heavy (non-hydrogen) atoms. The first-order valence-electron chi connectivity index (χ1n) is 13.0. The Morgan fingerprint density at radius 3 is 1.57 bits per heavy atom. The van der Waals surface area contributed by atoms with Gasteiger partial charge in [-0.2, -0.15) is 4.40 Å². The Balaban J connectivity index is -0.000000108. The van der Waals surface area contributed by atoms with Gasteiger partial charge < -0.3 is 25.5 Å². The summed E-state index contributed by atoms with van der Waals surface area (Å²) in [7, 11) is -2.36. The first-order chi connectivity index (χ1) is 19.6. The van der Waals surface area contributed by atoms with E-state index in [-0.39, 0.29) is 63.4 Å². The monoisotopic (exact) mass is 863 g/mol. The molecule has 0 saturated heterocycles. The SMILES string of the molecule is C=C([O-])C1=C[C+](Br)C=[S+]1.CC(=NS(=O)C(C)(C)C)c1cc(Br)cs1.CC(C)(C)S(N)=O.CCO.CCO.CCO.CCO.[Ti]. The normalized spacial score (nSPS) is 12.8. The van der Waals surface area contributed by atoms with Crippen LogP contribution in [-0.4, -0.2) is 75.8 Å². The number of aliphatic hydroxyl groups excluding tert-OH is 4. The van der Waals surface area contributed by atoms with Crippen molar-refractivity contribution in [1.82, 2.24) is 0 Å². The van der Waals surface area contributed by atoms with Crippen molar-refractivity contribution < 1.29 is 55.7 Å². The van der Waals surface area contributed by atoms with E-state index in [1.807, 2.05) is 65.3 Å². The number of rotatable bonds is 3. The summed E-state index contributed by atoms with van der Waals surface area (Å²) in [6, 6.07) is 1.99. The molecule has 0 radical (unpaired) electrons. The third kappa shape index (κ3) is 40.4. The van der Waals surface area contributed by atoms with Crippen LogP contribution in [0.25, 0.3) is 0 Å². The van der Waals surface area contributed by atoms with Gasteiger partial charge >= 0.3 is 21.6 Å². The van der Waals surface area contributed by atoms with Crippen LogP contribution in [0, 0.1) is 4.83 Å². The average molecular weight is 866 g/mol. The minimum atomic E-state index is -1.18. The molecule has 0 amide bonds. The van der Waals surface area contributed by atoms with Crippen LogP contribution in [0.1, 0.15) is 81.0 Å². The molecule has 1 aromatic rings. The van der Waals surface area contributed by atoms with Crippen molar-refractivity contribution in [3.05, 3.63) is 48.9 Å². The number of halogens is 2. The Bertz CT molecular complexity index is 972. The molecule has 2 rings (SSSR count). The summed E-state index contributed by atoms with van der Waals surface area (Å²) in [5, 5.41) is 49.7. The van der Waals surface area contributed by atoms with Gasteiger partial charge in [0.2, 0.25) is 4.83 Å². The Morgan fingerprint density at radius 2 is 1.39 bits per heavy atom. The Labute approximate surface area is 311 Å². The van der Waals surface area contributed by atoms with Gasteiger partial charge in [-0.25, -0.2) is 8.42 Å². The van der Waals surface area contributed by atoms with Crippen molar-refractivity contribution in [2.75, 3.05) is 26.4 Å². The van der Waals surface area contributed by atoms with Gasteiger partial charge in [0.15, 0.2) is 6.08 Å². The zero-order valence-corrected chi connectivity index (χ0v) is 35.8. The number of nitrogens with zero attached hydrogens (tertiary/aromatic N) is 1. The van der Waals surface area contributed by atoms with Gasteiger partial charge in [-0.05, 0) is 98.2 Å². The van der Waals surface area contributed by atoms with Gasteiger partial charge in [-0.3, -0.25) is 5.14 Å². The molecular weight excluding hydrogens is 812 g/mol. The minimum absolute atomic E-state index is 0. The standard InChI is InChI=1S/C10H14BrNOS2.C6H4BrOS.C4H11NOS.4C2H6O.Ti/c1-7(9-5-8(11)6-14-9)12-15(13)10(2,3)4;1-4(8)6-2-5(7)3-9-6;1-4(2,3)7(5)6;4*1-2-3;/h5-6H,1-4H3;2-3H,1H2;5H2,1-3H3;4*3H,2H2,1H3;/q;+1;;;;;;. The van der Waals surface area contributed by atoms with E-state index in [1.165, 1.54) is 11.4 Å². The van der Waals surface area contributed by atoms with Crippen LogP contribution < -0.4 is 10.2 Å². The summed E-state index contributed by atoms with van der Waals surface area (Å²) in [5.74, 6) is -0.120. The topological polar surface area (TPSA) is 176 Å². The third-order valence-electron chi connectivity index (χ3n) is 3.11. The van der Waals surface area contributed by atoms with Gasteiger partial charge in [0.25, 0.3) is 0 Å². The van der Waals surface area contributed by atoms with Crippen molar-refractivity contribution in [3.8, 4) is 0 Å². The van der Waals surface area contributed by atoms with Crippen LogP contribution in [-0.2, 0) is 55.0 Å². The Hall–Kier alpha value is 0.384. The molecule has 0 spiro atoms. The summed E-state index contributed by atoms with van der Waals surface area (Å²) < 4.78 is 26.8. The van der Waals surface area contributed by atoms with E-state index in [2.05, 4.69) is 42.8 Å². The zero-order valence-electron chi connectivity index (χ0n) is 27.8. The van der Waals surface area contributed by atoms with E-state index in [0.29, 0.717) is 4.91 Å². The molecule has 0 aromatic carbocycles. The summed E-state index contributed by atoms with van der Waals surface area (Å²) in [6.07, 6.45) is 1.76. The molecule has 2 unspecified atom stereocenters. The largest absolute Gasteiger partial charge is 0.853 e. The maximum atomic E-state index is 11.8. The zero-order chi connectivity index (χ0) is 35.4. The van der Waals surface area contributed by atoms with Crippen LogP contribution in [0.3, 0.4) is 0 Å². The summed E-state index contributed by atoms with van der Waals surface area (Å²) in [5.41, 5.74) is 0.832. The number of aliphatic hydroxyl groups is 4. The predicted octanol–water partition coefficient (Wildman–Crippen LogP) is 4.75. The van der Waals surface area contributed by atoms with Crippen LogP contribution in [0.2, 0.25) is 0 Å². The minimum Gasteiger partial charge on any atom is -0.853 e. The second-order valence-electron chi connectivity index (χ2n) is 9.39. The van der Waals surface area contributed by atoms with E-state index in [4.69, 9.17) is 25.6 Å². The van der Waals surface area contributed by atoms with Crippen LogP contribution in [0.4, 0.5) is 0 Å². The molecule has 0 fully saturated rings. The average Bonchev–Trinajstić information content (AvgIpc) is 3.49. The quantitative estimate of drug-likeness (QED) is 0.0728. The molecule has 0 bridgehead atoms. The smallest absolute Gasteiger partial charge is 0.355 e. The van der Waals surface area contributed by atoms with Crippen LogP contribution in [0.15, 0.2) is 43.6 Å². The van der Waals surface area contributed by atoms with Crippen molar-refractivity contribution in [3.63, 3.8) is 0 Å². The van der Waals surface area contributed by atoms with Gasteiger partial charge in [0, 0.05) is 63.8 Å². The van der Waals surface area contributed by atoms with Crippen molar-refractivity contribution >= 4 is 87.6 Å². The molecule has 6 N–H and O–H groups in total. The van der Waals surface area contributed by atoms with Crippen molar-refractivity contribution in [1.29, 1.82) is 0 Å². The molecule has 1 aliphatic rings. The van der Waals surface area contributed by atoms with Crippen molar-refractivity contribution in [2.24, 2.45) is 9.54 Å². The molecule has 0 saturated carbocycles. The van der Waals surface area contributed by atoms with Crippen LogP contribution >= 0.6 is 43.2 Å². The van der Waals surface area contributed by atoms with Crippen molar-refractivity contribution in [2.45, 2.75) is 85.7 Å². The fourth-order valence-electron chi connectivity index (χ4n) is 1.27. The first kappa shape index (κ1) is 56.7. The predicted molar refractivity (Wildman–Crippen MR) is 198 cm³/mol. The van der Waals surface area contributed by atoms with Gasteiger partial charge in [0.1, 0.15) is 11.0 Å². The molecule has 16 heteroatoms. The molecule has 9 nitrogen and oxygen atoms in total. The van der Waals surface area contributed by atoms with E-state index in [1.54, 1.807) is 45.1 Å². The van der Waals surface area contributed by atoms with E-state index >= 15 is 0 Å². The fourth-order valence-corrected chi connectivity index (χ4v) is 4.62. The van der Waals surface area contributed by atoms with Gasteiger partial charge in [0.05, 0.1) is 47.0 Å². The molecule has 1 aliphatic heterocycles. The Kier molecular flexibility index (Phi) is 44.7. The molecule has 2 heterocycles. The number of thiophene rings is 1. The maximum Gasteiger partial charge on any atom is 0.355 e. The molecule has 2 atom stereocenters. The maximum absolute atomic E-state index is 11.8.